The molecule has 1 saturated heterocycles. The van der Waals surface area contributed by atoms with E-state index in [4.69, 9.17) is 0 Å². The number of aliphatic carboxylic acids is 1. The number of amides is 3. The first kappa shape index (κ1) is 25.2. The minimum absolute atomic E-state index is 0.0155. The molecule has 1 fully saturated rings. The normalized spacial score (nSPS) is 17.0. The van der Waals surface area contributed by atoms with Gasteiger partial charge in [0.2, 0.25) is 5.91 Å². The minimum Gasteiger partial charge on any atom is -0.480 e. The van der Waals surface area contributed by atoms with Crippen LogP contribution in [0, 0.1) is 19.7 Å². The Labute approximate surface area is 207 Å². The number of hydrogen-bond donors (Lipinski definition) is 4. The van der Waals surface area contributed by atoms with Crippen molar-refractivity contribution < 1.29 is 28.7 Å². The van der Waals surface area contributed by atoms with Gasteiger partial charge < -0.3 is 25.6 Å². The number of carbonyl (C=O) groups excluding carboxylic acids is 3. The summed E-state index contributed by atoms with van der Waals surface area (Å²) in [6.45, 7) is 4.71. The van der Waals surface area contributed by atoms with Gasteiger partial charge in [0.25, 0.3) is 11.8 Å². The minimum atomic E-state index is -1.22. The maximum atomic E-state index is 13.8. The maximum absolute atomic E-state index is 13.8. The number of aromatic amines is 1. The second-order valence-corrected chi connectivity index (χ2v) is 9.21. The number of halogens is 1. The summed E-state index contributed by atoms with van der Waals surface area (Å²) in [5.74, 6) is -2.79. The standard InChI is InChI=1S/C26H29FN4O5/c1-14-21(13-18-17-12-16(27)6-7-19(17)29-24(18)33)28-15(2)23(14)25(34)30-20(26(35)36)8-9-22(32)31-10-4-3-5-11-31/h6-7,12-13,20,28H,3-5,8-11H2,1-2H3,(H,29,33)(H,30,34)(H,35,36)/b18-13-/t20-/m0/s1. The summed E-state index contributed by atoms with van der Waals surface area (Å²) in [5.41, 5.74) is 2.91. The first-order chi connectivity index (χ1) is 17.2. The molecular weight excluding hydrogens is 467 g/mol. The van der Waals surface area contributed by atoms with Gasteiger partial charge >= 0.3 is 5.97 Å². The highest BCUT2D eigenvalue weighted by Crippen LogP contribution is 2.34. The lowest BCUT2D eigenvalue weighted by Gasteiger charge is -2.27. The molecule has 3 amide bonds. The highest BCUT2D eigenvalue weighted by molar-refractivity contribution is 6.34. The zero-order valence-corrected chi connectivity index (χ0v) is 20.2. The van der Waals surface area contributed by atoms with Gasteiger partial charge in [0.15, 0.2) is 0 Å². The largest absolute Gasteiger partial charge is 0.480 e. The molecule has 190 valence electrons. The van der Waals surface area contributed by atoms with Crippen LogP contribution in [0.5, 0.6) is 0 Å². The van der Waals surface area contributed by atoms with E-state index in [1.165, 1.54) is 18.2 Å². The van der Waals surface area contributed by atoms with Gasteiger partial charge in [0.1, 0.15) is 11.9 Å². The Hall–Kier alpha value is -3.95. The molecule has 2 aliphatic heterocycles. The average molecular weight is 497 g/mol. The summed E-state index contributed by atoms with van der Waals surface area (Å²) in [6.07, 6.45) is 4.53. The van der Waals surface area contributed by atoms with E-state index in [2.05, 4.69) is 15.6 Å². The number of aryl methyl sites for hydroxylation is 1. The van der Waals surface area contributed by atoms with Crippen molar-refractivity contribution in [2.75, 3.05) is 18.4 Å². The Morgan fingerprint density at radius 2 is 1.92 bits per heavy atom. The van der Waals surface area contributed by atoms with Crippen molar-refractivity contribution in [3.63, 3.8) is 0 Å². The molecule has 4 N–H and O–H groups in total. The van der Waals surface area contributed by atoms with E-state index >= 15 is 0 Å². The van der Waals surface area contributed by atoms with Crippen molar-refractivity contribution in [2.24, 2.45) is 0 Å². The molecule has 1 atom stereocenters. The number of carboxylic acids is 1. The molecule has 0 unspecified atom stereocenters. The lowest BCUT2D eigenvalue weighted by molar-refractivity contribution is -0.139. The molecule has 10 heteroatoms. The highest BCUT2D eigenvalue weighted by Gasteiger charge is 2.28. The molecule has 3 heterocycles. The van der Waals surface area contributed by atoms with Crippen LogP contribution >= 0.6 is 0 Å². The number of carbonyl (C=O) groups is 4. The Morgan fingerprint density at radius 1 is 1.19 bits per heavy atom. The predicted octanol–water partition coefficient (Wildman–Crippen LogP) is 3.24. The van der Waals surface area contributed by atoms with Crippen molar-refractivity contribution in [2.45, 2.75) is 52.0 Å². The van der Waals surface area contributed by atoms with E-state index in [0.29, 0.717) is 41.3 Å². The van der Waals surface area contributed by atoms with Gasteiger partial charge in [-0.3, -0.25) is 14.4 Å². The third kappa shape index (κ3) is 5.17. The van der Waals surface area contributed by atoms with Gasteiger partial charge in [-0.05, 0) is 69.4 Å². The second-order valence-electron chi connectivity index (χ2n) is 9.21. The fourth-order valence-electron chi connectivity index (χ4n) is 4.76. The summed E-state index contributed by atoms with van der Waals surface area (Å²) in [5, 5.41) is 14.9. The molecule has 9 nitrogen and oxygen atoms in total. The van der Waals surface area contributed by atoms with Crippen molar-refractivity contribution >= 4 is 41.0 Å². The van der Waals surface area contributed by atoms with Crippen LogP contribution < -0.4 is 10.6 Å². The number of nitrogens with one attached hydrogen (secondary N) is 3. The molecule has 2 aliphatic rings. The quantitative estimate of drug-likeness (QED) is 0.437. The monoisotopic (exact) mass is 496 g/mol. The number of carboxylic acid groups (broad SMARTS) is 1. The number of hydrogen-bond acceptors (Lipinski definition) is 4. The van der Waals surface area contributed by atoms with E-state index in [1.54, 1.807) is 24.8 Å². The van der Waals surface area contributed by atoms with Crippen LogP contribution in [0.2, 0.25) is 0 Å². The average Bonchev–Trinajstić information content (AvgIpc) is 3.31. The molecule has 0 saturated carbocycles. The predicted molar refractivity (Wildman–Crippen MR) is 132 cm³/mol. The lowest BCUT2D eigenvalue weighted by atomic mass is 10.0. The topological polar surface area (TPSA) is 132 Å². The van der Waals surface area contributed by atoms with Gasteiger partial charge in [-0.2, -0.15) is 0 Å². The van der Waals surface area contributed by atoms with E-state index in [0.717, 1.165) is 19.3 Å². The Bertz CT molecular complexity index is 1260. The maximum Gasteiger partial charge on any atom is 0.326 e. The van der Waals surface area contributed by atoms with E-state index in [9.17, 15) is 28.7 Å². The van der Waals surface area contributed by atoms with Crippen molar-refractivity contribution in [3.05, 3.63) is 52.1 Å². The third-order valence-electron chi connectivity index (χ3n) is 6.72. The van der Waals surface area contributed by atoms with Crippen molar-refractivity contribution in [1.82, 2.24) is 15.2 Å². The summed E-state index contributed by atoms with van der Waals surface area (Å²) in [6, 6.07) is 2.78. The molecule has 0 aliphatic carbocycles. The van der Waals surface area contributed by atoms with Crippen LogP contribution in [0.4, 0.5) is 10.1 Å². The molecule has 1 aromatic heterocycles. The molecule has 0 spiro atoms. The van der Waals surface area contributed by atoms with Crippen LogP contribution in [0.3, 0.4) is 0 Å². The first-order valence-electron chi connectivity index (χ1n) is 12.0. The summed E-state index contributed by atoms with van der Waals surface area (Å²) >= 11 is 0. The number of piperidine rings is 1. The van der Waals surface area contributed by atoms with Gasteiger partial charge in [0, 0.05) is 42.1 Å². The van der Waals surface area contributed by atoms with Crippen LogP contribution in [-0.2, 0) is 14.4 Å². The number of fused-ring (bicyclic) bond motifs is 1. The Kier molecular flexibility index (Phi) is 7.23. The number of anilines is 1. The van der Waals surface area contributed by atoms with Gasteiger partial charge in [0.05, 0.1) is 11.1 Å². The Balaban J connectivity index is 1.50. The summed E-state index contributed by atoms with van der Waals surface area (Å²) < 4.78 is 13.8. The number of H-pyrrole nitrogens is 1. The smallest absolute Gasteiger partial charge is 0.326 e. The molecule has 2 aromatic rings. The fourth-order valence-corrected chi connectivity index (χ4v) is 4.76. The second kappa shape index (κ2) is 10.3. The number of aromatic nitrogens is 1. The molecule has 36 heavy (non-hydrogen) atoms. The Morgan fingerprint density at radius 3 is 2.61 bits per heavy atom. The molecular formula is C26H29FN4O5. The van der Waals surface area contributed by atoms with Crippen molar-refractivity contribution in [3.8, 4) is 0 Å². The SMILES string of the molecule is Cc1[nH]c(/C=C2\C(=O)Nc3ccc(F)cc32)c(C)c1C(=O)N[C@@H](CCC(=O)N1CCCCC1)C(=O)O. The van der Waals surface area contributed by atoms with Crippen LogP contribution in [0.15, 0.2) is 18.2 Å². The molecule has 4 rings (SSSR count). The van der Waals surface area contributed by atoms with E-state index in [-0.39, 0.29) is 29.9 Å². The summed E-state index contributed by atoms with van der Waals surface area (Å²) in [4.78, 5) is 54.6. The van der Waals surface area contributed by atoms with Gasteiger partial charge in [-0.1, -0.05) is 0 Å². The first-order valence-corrected chi connectivity index (χ1v) is 12.0. The lowest BCUT2D eigenvalue weighted by Crippen LogP contribution is -2.42. The van der Waals surface area contributed by atoms with Gasteiger partial charge in [-0.15, -0.1) is 0 Å². The molecule has 0 radical (unpaired) electrons. The van der Waals surface area contributed by atoms with Crippen molar-refractivity contribution in [1.29, 1.82) is 0 Å². The van der Waals surface area contributed by atoms with Crippen LogP contribution in [0.25, 0.3) is 11.6 Å². The highest BCUT2D eigenvalue weighted by atomic mass is 19.1. The third-order valence-corrected chi connectivity index (χ3v) is 6.72. The summed E-state index contributed by atoms with van der Waals surface area (Å²) in [7, 11) is 0. The number of nitrogens with zero attached hydrogens (tertiary/aromatic N) is 1. The van der Waals surface area contributed by atoms with Gasteiger partial charge in [-0.25, -0.2) is 9.18 Å². The van der Waals surface area contributed by atoms with E-state index < -0.39 is 29.6 Å². The number of rotatable bonds is 7. The molecule has 1 aromatic carbocycles. The van der Waals surface area contributed by atoms with Crippen LogP contribution in [0.1, 0.15) is 65.0 Å². The fraction of sp³-hybridized carbons (Fsp3) is 0.385. The molecule has 0 bridgehead atoms. The number of likely N-dealkylation sites (tertiary alicyclic amines) is 1. The zero-order chi connectivity index (χ0) is 26.0. The zero-order valence-electron chi connectivity index (χ0n) is 20.2. The van der Waals surface area contributed by atoms with Crippen LogP contribution in [-0.4, -0.2) is 57.8 Å². The number of benzene rings is 1. The van der Waals surface area contributed by atoms with E-state index in [1.807, 2.05) is 0 Å².